The molecule has 24 heavy (non-hydrogen) atoms. The highest BCUT2D eigenvalue weighted by atomic mass is 35.5. The van der Waals surface area contributed by atoms with Crippen LogP contribution in [-0.2, 0) is 19.5 Å². The number of aromatic nitrogens is 1. The summed E-state index contributed by atoms with van der Waals surface area (Å²) < 4.78 is 2.38. The smallest absolute Gasteiger partial charge is 0.0473 e. The van der Waals surface area contributed by atoms with Crippen molar-refractivity contribution in [1.29, 1.82) is 0 Å². The van der Waals surface area contributed by atoms with Crippen LogP contribution in [0, 0.1) is 0 Å². The molecule has 0 atom stereocenters. The highest BCUT2D eigenvalue weighted by molar-refractivity contribution is 6.30. The zero-order valence-corrected chi connectivity index (χ0v) is 14.7. The molecule has 0 aliphatic carbocycles. The molecule has 4 rings (SSSR count). The Morgan fingerprint density at radius 2 is 1.58 bits per heavy atom. The van der Waals surface area contributed by atoms with Gasteiger partial charge in [0, 0.05) is 53.6 Å². The van der Waals surface area contributed by atoms with Gasteiger partial charge in [-0.05, 0) is 41.0 Å². The highest BCUT2D eigenvalue weighted by Crippen LogP contribution is 2.31. The lowest BCUT2D eigenvalue weighted by Crippen LogP contribution is -2.25. The van der Waals surface area contributed by atoms with Crippen LogP contribution in [0.5, 0.6) is 0 Å². The van der Waals surface area contributed by atoms with Gasteiger partial charge in [0.2, 0.25) is 0 Å². The summed E-state index contributed by atoms with van der Waals surface area (Å²) in [6.07, 6.45) is 3.33. The largest absolute Gasteiger partial charge is 0.346 e. The summed E-state index contributed by atoms with van der Waals surface area (Å²) >= 11 is 12.0. The van der Waals surface area contributed by atoms with Crippen molar-refractivity contribution in [3.05, 3.63) is 81.6 Å². The Hall–Kier alpha value is -1.74. The zero-order valence-electron chi connectivity index (χ0n) is 13.2. The number of nitrogens with one attached hydrogen (secondary N) is 1. The molecule has 1 aromatic heterocycles. The summed E-state index contributed by atoms with van der Waals surface area (Å²) in [5.41, 5.74) is 6.60. The van der Waals surface area contributed by atoms with E-state index in [1.807, 2.05) is 24.3 Å². The molecule has 1 N–H and O–H groups in total. The molecule has 0 fully saturated rings. The summed E-state index contributed by atoms with van der Waals surface area (Å²) in [5.74, 6) is 0. The molecule has 0 amide bonds. The summed E-state index contributed by atoms with van der Waals surface area (Å²) in [5, 5.41) is 5.04. The highest BCUT2D eigenvalue weighted by Gasteiger charge is 2.19. The molecule has 0 saturated heterocycles. The Balaban J connectivity index is 1.74. The van der Waals surface area contributed by atoms with Crippen molar-refractivity contribution in [2.24, 2.45) is 0 Å². The normalized spacial score (nSPS) is 13.8. The molecule has 1 aliphatic heterocycles. The number of nitrogens with zero attached hydrogens (tertiary/aromatic N) is 1. The quantitative estimate of drug-likeness (QED) is 0.685. The van der Waals surface area contributed by atoms with Gasteiger partial charge in [-0.1, -0.05) is 47.5 Å². The Kier molecular flexibility index (Phi) is 4.36. The lowest BCUT2D eigenvalue weighted by Gasteiger charge is -2.17. The monoisotopic (exact) mass is 356 g/mol. The minimum Gasteiger partial charge on any atom is -0.346 e. The maximum Gasteiger partial charge on any atom is 0.0473 e. The Morgan fingerprint density at radius 1 is 0.917 bits per heavy atom. The van der Waals surface area contributed by atoms with Gasteiger partial charge in [0.05, 0.1) is 0 Å². The van der Waals surface area contributed by atoms with Crippen LogP contribution in [0.1, 0.15) is 16.8 Å². The predicted molar refractivity (Wildman–Crippen MR) is 101 cm³/mol. The number of rotatable bonds is 3. The fraction of sp³-hybridized carbons (Fsp3) is 0.200. The van der Waals surface area contributed by atoms with E-state index in [4.69, 9.17) is 23.2 Å². The van der Waals surface area contributed by atoms with Crippen LogP contribution in [0.25, 0.3) is 11.1 Å². The summed E-state index contributed by atoms with van der Waals surface area (Å²) in [4.78, 5) is 0. The van der Waals surface area contributed by atoms with Gasteiger partial charge in [-0.3, -0.25) is 0 Å². The van der Waals surface area contributed by atoms with Crippen molar-refractivity contribution < 1.29 is 0 Å². The van der Waals surface area contributed by atoms with Gasteiger partial charge >= 0.3 is 0 Å². The number of hydrogen-bond acceptors (Lipinski definition) is 1. The average Bonchev–Trinajstić information content (AvgIpc) is 2.97. The van der Waals surface area contributed by atoms with Crippen LogP contribution in [0.3, 0.4) is 0 Å². The lowest BCUT2D eigenvalue weighted by molar-refractivity contribution is 0.607. The van der Waals surface area contributed by atoms with E-state index >= 15 is 0 Å². The summed E-state index contributed by atoms with van der Waals surface area (Å²) in [6.45, 7) is 2.81. The fourth-order valence-corrected chi connectivity index (χ4v) is 3.61. The van der Waals surface area contributed by atoms with Crippen molar-refractivity contribution in [2.75, 3.05) is 6.54 Å². The molecule has 2 aromatic carbocycles. The van der Waals surface area contributed by atoms with E-state index in [1.54, 1.807) is 0 Å². The van der Waals surface area contributed by atoms with Gasteiger partial charge in [0.1, 0.15) is 0 Å². The van der Waals surface area contributed by atoms with Crippen LogP contribution in [0.4, 0.5) is 0 Å². The molecule has 0 radical (unpaired) electrons. The van der Waals surface area contributed by atoms with Crippen LogP contribution in [-0.4, -0.2) is 11.1 Å². The molecule has 0 saturated carbocycles. The first kappa shape index (κ1) is 15.8. The van der Waals surface area contributed by atoms with Crippen LogP contribution >= 0.6 is 23.2 Å². The number of fused-ring (bicyclic) bond motifs is 1. The van der Waals surface area contributed by atoms with E-state index in [0.29, 0.717) is 0 Å². The van der Waals surface area contributed by atoms with Crippen molar-refractivity contribution in [3.8, 4) is 11.1 Å². The van der Waals surface area contributed by atoms with Crippen LogP contribution < -0.4 is 5.32 Å². The van der Waals surface area contributed by atoms with E-state index in [0.717, 1.165) is 36.1 Å². The first-order valence-corrected chi connectivity index (χ1v) is 8.88. The topological polar surface area (TPSA) is 17.0 Å². The second-order valence-corrected chi connectivity index (χ2v) is 7.03. The van der Waals surface area contributed by atoms with E-state index < -0.39 is 0 Å². The molecule has 3 aromatic rings. The standard InChI is InChI=1S/C20H18Cl2N2/c21-16-5-1-14(2-6-16)12-24-13-19(15-3-7-17(22)8-4-15)18-11-23-10-9-20(18)24/h1-8,13,23H,9-12H2. The molecule has 1 aliphatic rings. The molecule has 0 bridgehead atoms. The molecular weight excluding hydrogens is 339 g/mol. The third-order valence-corrected chi connectivity index (χ3v) is 5.07. The maximum atomic E-state index is 6.04. The summed E-state index contributed by atoms with van der Waals surface area (Å²) in [7, 11) is 0. The third-order valence-electron chi connectivity index (χ3n) is 4.57. The van der Waals surface area contributed by atoms with Gasteiger partial charge in [0.25, 0.3) is 0 Å². The number of hydrogen-bond donors (Lipinski definition) is 1. The lowest BCUT2D eigenvalue weighted by atomic mass is 10.00. The second-order valence-electron chi connectivity index (χ2n) is 6.16. The van der Waals surface area contributed by atoms with Gasteiger partial charge in [-0.25, -0.2) is 0 Å². The van der Waals surface area contributed by atoms with Crippen molar-refractivity contribution in [3.63, 3.8) is 0 Å². The van der Waals surface area contributed by atoms with Gasteiger partial charge in [-0.15, -0.1) is 0 Å². The zero-order chi connectivity index (χ0) is 16.5. The third kappa shape index (κ3) is 3.10. The minimum absolute atomic E-state index is 0.770. The Morgan fingerprint density at radius 3 is 2.29 bits per heavy atom. The van der Waals surface area contributed by atoms with Crippen molar-refractivity contribution >= 4 is 23.2 Å². The molecular formula is C20H18Cl2N2. The van der Waals surface area contributed by atoms with E-state index in [-0.39, 0.29) is 0 Å². The van der Waals surface area contributed by atoms with E-state index in [1.165, 1.54) is 27.9 Å². The van der Waals surface area contributed by atoms with Crippen LogP contribution in [0.2, 0.25) is 10.0 Å². The molecule has 2 nitrogen and oxygen atoms in total. The first-order valence-electron chi connectivity index (χ1n) is 8.13. The van der Waals surface area contributed by atoms with Crippen molar-refractivity contribution in [1.82, 2.24) is 9.88 Å². The van der Waals surface area contributed by atoms with Gasteiger partial charge in [-0.2, -0.15) is 0 Å². The van der Waals surface area contributed by atoms with Crippen molar-refractivity contribution in [2.45, 2.75) is 19.5 Å². The predicted octanol–water partition coefficient (Wildman–Crippen LogP) is 5.16. The maximum absolute atomic E-state index is 6.04. The minimum atomic E-state index is 0.770. The van der Waals surface area contributed by atoms with Crippen LogP contribution in [0.15, 0.2) is 54.7 Å². The fourth-order valence-electron chi connectivity index (χ4n) is 3.36. The molecule has 4 heteroatoms. The van der Waals surface area contributed by atoms with E-state index in [9.17, 15) is 0 Å². The first-order chi connectivity index (χ1) is 11.7. The molecule has 122 valence electrons. The van der Waals surface area contributed by atoms with E-state index in [2.05, 4.69) is 40.3 Å². The van der Waals surface area contributed by atoms with Gasteiger partial charge in [0.15, 0.2) is 0 Å². The average molecular weight is 357 g/mol. The second kappa shape index (κ2) is 6.64. The molecule has 2 heterocycles. The Bertz CT molecular complexity index is 849. The SMILES string of the molecule is Clc1ccc(Cn2cc(-c3ccc(Cl)cc3)c3c2CCNC3)cc1. The Labute approximate surface area is 152 Å². The number of halogens is 2. The number of benzene rings is 2. The molecule has 0 unspecified atom stereocenters. The summed E-state index contributed by atoms with van der Waals surface area (Å²) in [6, 6.07) is 16.2. The molecule has 0 spiro atoms. The van der Waals surface area contributed by atoms with Gasteiger partial charge < -0.3 is 9.88 Å².